The van der Waals surface area contributed by atoms with Gasteiger partial charge < -0.3 is 4.90 Å². The van der Waals surface area contributed by atoms with Crippen molar-refractivity contribution in [1.29, 1.82) is 0 Å². The van der Waals surface area contributed by atoms with Crippen molar-refractivity contribution in [3.8, 4) is 0 Å². The van der Waals surface area contributed by atoms with Crippen molar-refractivity contribution in [1.82, 2.24) is 4.90 Å². The summed E-state index contributed by atoms with van der Waals surface area (Å²) in [6.07, 6.45) is 3.99. The van der Waals surface area contributed by atoms with Crippen LogP contribution < -0.4 is 0 Å². The second-order valence-electron chi connectivity index (χ2n) is 8.01. The van der Waals surface area contributed by atoms with Crippen molar-refractivity contribution in [2.24, 2.45) is 0 Å². The maximum atomic E-state index is 2.50. The summed E-state index contributed by atoms with van der Waals surface area (Å²) < 4.78 is 0. The highest BCUT2D eigenvalue weighted by atomic mass is 15.1. The zero-order chi connectivity index (χ0) is 13.8. The fourth-order valence-electron chi connectivity index (χ4n) is 4.19. The Hall–Kier alpha value is -0.820. The van der Waals surface area contributed by atoms with Gasteiger partial charge in [0.05, 0.1) is 0 Å². The van der Waals surface area contributed by atoms with Gasteiger partial charge in [0.2, 0.25) is 0 Å². The Bertz CT molecular complexity index is 509. The first-order valence-electron chi connectivity index (χ1n) is 7.65. The van der Waals surface area contributed by atoms with Gasteiger partial charge in [-0.05, 0) is 54.0 Å². The quantitative estimate of drug-likeness (QED) is 0.678. The molecule has 1 aliphatic heterocycles. The molecule has 0 spiro atoms. The van der Waals surface area contributed by atoms with E-state index < -0.39 is 0 Å². The third-order valence-corrected chi connectivity index (χ3v) is 5.01. The Balaban J connectivity index is 2.20. The summed E-state index contributed by atoms with van der Waals surface area (Å²) in [6.45, 7) is 11.8. The summed E-state index contributed by atoms with van der Waals surface area (Å²) in [5, 5.41) is 0. The molecule has 0 fully saturated rings. The first kappa shape index (κ1) is 13.2. The van der Waals surface area contributed by atoms with Gasteiger partial charge >= 0.3 is 0 Å². The van der Waals surface area contributed by atoms with E-state index in [0.29, 0.717) is 5.41 Å². The van der Waals surface area contributed by atoms with Crippen LogP contribution in [0.25, 0.3) is 0 Å². The van der Waals surface area contributed by atoms with Gasteiger partial charge in [-0.15, -0.1) is 0 Å². The minimum Gasteiger partial charge on any atom is -0.301 e. The average Bonchev–Trinajstić information content (AvgIpc) is 2.25. The molecule has 104 valence electrons. The van der Waals surface area contributed by atoms with E-state index in [1.165, 1.54) is 31.4 Å². The van der Waals surface area contributed by atoms with Crippen molar-refractivity contribution in [2.75, 3.05) is 13.6 Å². The summed E-state index contributed by atoms with van der Waals surface area (Å²) in [4.78, 5) is 2.50. The van der Waals surface area contributed by atoms with Crippen LogP contribution in [0.4, 0.5) is 0 Å². The van der Waals surface area contributed by atoms with Gasteiger partial charge in [0.15, 0.2) is 0 Å². The highest BCUT2D eigenvalue weighted by Gasteiger charge is 2.38. The molecule has 3 rings (SSSR count). The molecule has 1 heterocycles. The van der Waals surface area contributed by atoms with Crippen molar-refractivity contribution < 1.29 is 0 Å². The summed E-state index contributed by atoms with van der Waals surface area (Å²) in [5.41, 5.74) is 7.11. The summed E-state index contributed by atoms with van der Waals surface area (Å²) >= 11 is 0. The van der Waals surface area contributed by atoms with E-state index in [1.54, 1.807) is 16.7 Å². The molecule has 0 saturated heterocycles. The Morgan fingerprint density at radius 1 is 1.16 bits per heavy atom. The molecule has 1 nitrogen and oxygen atoms in total. The van der Waals surface area contributed by atoms with Crippen molar-refractivity contribution in [3.05, 3.63) is 34.4 Å². The predicted octanol–water partition coefficient (Wildman–Crippen LogP) is 4.02. The summed E-state index contributed by atoms with van der Waals surface area (Å²) in [7, 11) is 2.27. The lowest BCUT2D eigenvalue weighted by Crippen LogP contribution is -2.44. The van der Waals surface area contributed by atoms with Crippen LogP contribution >= 0.6 is 0 Å². The largest absolute Gasteiger partial charge is 0.301 e. The second kappa shape index (κ2) is 4.09. The van der Waals surface area contributed by atoms with Crippen LogP contribution in [-0.2, 0) is 23.8 Å². The maximum Gasteiger partial charge on any atom is 0.0234 e. The molecular weight excluding hydrogens is 230 g/mol. The second-order valence-corrected chi connectivity index (χ2v) is 8.01. The predicted molar refractivity (Wildman–Crippen MR) is 81.8 cm³/mol. The number of nitrogens with zero attached hydrogens (tertiary/aromatic N) is 1. The van der Waals surface area contributed by atoms with Crippen LogP contribution in [0.1, 0.15) is 62.8 Å². The monoisotopic (exact) mass is 257 g/mol. The Kier molecular flexibility index (Phi) is 2.83. The average molecular weight is 257 g/mol. The Labute approximate surface area is 118 Å². The molecule has 0 saturated carbocycles. The molecule has 1 heteroatoms. The van der Waals surface area contributed by atoms with Crippen LogP contribution in [0, 0.1) is 0 Å². The molecule has 0 amide bonds. The van der Waals surface area contributed by atoms with Crippen molar-refractivity contribution >= 4 is 0 Å². The van der Waals surface area contributed by atoms with Gasteiger partial charge in [-0.2, -0.15) is 0 Å². The first-order valence-corrected chi connectivity index (χ1v) is 7.65. The van der Waals surface area contributed by atoms with Crippen LogP contribution in [0.2, 0.25) is 0 Å². The lowest BCUT2D eigenvalue weighted by molar-refractivity contribution is 0.203. The molecule has 0 aromatic heterocycles. The number of aryl methyl sites for hydroxylation is 1. The Morgan fingerprint density at radius 2 is 1.84 bits per heavy atom. The third-order valence-electron chi connectivity index (χ3n) is 5.01. The minimum atomic E-state index is 0.259. The van der Waals surface area contributed by atoms with Gasteiger partial charge in [0.1, 0.15) is 0 Å². The highest BCUT2D eigenvalue weighted by molar-refractivity contribution is 5.48. The van der Waals surface area contributed by atoms with E-state index in [4.69, 9.17) is 0 Å². The number of rotatable bonds is 0. The number of hydrogen-bond donors (Lipinski definition) is 0. The minimum absolute atomic E-state index is 0.259. The van der Waals surface area contributed by atoms with Crippen molar-refractivity contribution in [3.63, 3.8) is 0 Å². The van der Waals surface area contributed by atoms with Gasteiger partial charge in [0, 0.05) is 18.5 Å². The SMILES string of the molecule is CN1Cc2cc(C(C)(C)C)cc3c2[C@@](C)(CCC3)C1. The molecule has 0 radical (unpaired) electrons. The van der Waals surface area contributed by atoms with E-state index in [2.05, 4.69) is 51.8 Å². The highest BCUT2D eigenvalue weighted by Crippen LogP contribution is 2.44. The lowest BCUT2D eigenvalue weighted by Gasteiger charge is -2.45. The van der Waals surface area contributed by atoms with E-state index in [-0.39, 0.29) is 5.41 Å². The molecule has 1 atom stereocenters. The van der Waals surface area contributed by atoms with Gasteiger partial charge in [-0.1, -0.05) is 39.8 Å². The van der Waals surface area contributed by atoms with Gasteiger partial charge in [-0.25, -0.2) is 0 Å². The number of hydrogen-bond acceptors (Lipinski definition) is 1. The zero-order valence-electron chi connectivity index (χ0n) is 13.1. The molecule has 0 unspecified atom stereocenters. The van der Waals surface area contributed by atoms with Gasteiger partial charge in [0.25, 0.3) is 0 Å². The molecule has 0 N–H and O–H groups in total. The molecular formula is C18H27N. The molecule has 1 aliphatic carbocycles. The van der Waals surface area contributed by atoms with E-state index in [9.17, 15) is 0 Å². The van der Waals surface area contributed by atoms with Crippen LogP contribution in [-0.4, -0.2) is 18.5 Å². The normalized spacial score (nSPS) is 27.2. The van der Waals surface area contributed by atoms with E-state index in [1.807, 2.05) is 0 Å². The summed E-state index contributed by atoms with van der Waals surface area (Å²) in [5.74, 6) is 0. The third kappa shape index (κ3) is 2.12. The fourth-order valence-corrected chi connectivity index (χ4v) is 4.19. The smallest absolute Gasteiger partial charge is 0.0234 e. The summed E-state index contributed by atoms with van der Waals surface area (Å²) in [6, 6.07) is 4.99. The van der Waals surface area contributed by atoms with Crippen LogP contribution in [0.5, 0.6) is 0 Å². The Morgan fingerprint density at radius 3 is 2.53 bits per heavy atom. The van der Waals surface area contributed by atoms with E-state index in [0.717, 1.165) is 6.54 Å². The van der Waals surface area contributed by atoms with E-state index >= 15 is 0 Å². The topological polar surface area (TPSA) is 3.24 Å². The molecule has 1 aromatic rings. The fraction of sp³-hybridized carbons (Fsp3) is 0.667. The molecule has 1 aromatic carbocycles. The van der Waals surface area contributed by atoms with Crippen LogP contribution in [0.3, 0.4) is 0 Å². The molecule has 2 aliphatic rings. The van der Waals surface area contributed by atoms with Crippen molar-refractivity contribution in [2.45, 2.75) is 64.3 Å². The standard InChI is InChI=1S/C18H27N/c1-17(2,3)15-9-13-7-6-8-18(4)12-19(5)11-14(10-15)16(13)18/h9-10H,6-8,11-12H2,1-5H3/t18-/m0/s1. The zero-order valence-corrected chi connectivity index (χ0v) is 13.1. The molecule has 0 bridgehead atoms. The van der Waals surface area contributed by atoms with Gasteiger partial charge in [-0.3, -0.25) is 0 Å². The van der Waals surface area contributed by atoms with Crippen LogP contribution in [0.15, 0.2) is 12.1 Å². The number of benzene rings is 1. The maximum absolute atomic E-state index is 2.50. The molecule has 19 heavy (non-hydrogen) atoms. The number of likely N-dealkylation sites (N-methyl/N-ethyl adjacent to an activating group) is 1. The lowest BCUT2D eigenvalue weighted by atomic mass is 9.66. The first-order chi connectivity index (χ1) is 8.79.